The van der Waals surface area contributed by atoms with Gasteiger partial charge in [-0.05, 0) is 36.6 Å². The van der Waals surface area contributed by atoms with Crippen molar-refractivity contribution in [2.75, 3.05) is 12.5 Å². The zero-order valence-electron chi connectivity index (χ0n) is 5.03. The van der Waals surface area contributed by atoms with E-state index in [0.29, 0.717) is 10.5 Å². The highest BCUT2D eigenvalue weighted by Gasteiger charge is 2.07. The van der Waals surface area contributed by atoms with Crippen LogP contribution in [0, 0.1) is 0 Å². The van der Waals surface area contributed by atoms with Gasteiger partial charge in [-0.1, -0.05) is 0 Å². The van der Waals surface area contributed by atoms with Crippen molar-refractivity contribution in [3.63, 3.8) is 0 Å². The minimum Gasteiger partial charge on any atom is -0.193 e. The van der Waals surface area contributed by atoms with Crippen LogP contribution < -0.4 is 0 Å². The van der Waals surface area contributed by atoms with E-state index in [1.165, 1.54) is 19.3 Å². The van der Waals surface area contributed by atoms with Crippen LogP contribution in [-0.4, -0.2) is 17.4 Å². The predicted octanol–water partition coefficient (Wildman–Crippen LogP) is 1.87. The van der Waals surface area contributed by atoms with Crippen LogP contribution >= 0.6 is 10.5 Å². The standard InChI is InChI=1S/C6H12S/c1-7(2)6-4-3-5-6/h3-5H2,1-2H3. The molecule has 0 radical (unpaired) electrons. The third kappa shape index (κ3) is 1.06. The maximum absolute atomic E-state index is 2.31. The van der Waals surface area contributed by atoms with Gasteiger partial charge in [-0.15, -0.1) is 0 Å². The van der Waals surface area contributed by atoms with E-state index in [4.69, 9.17) is 0 Å². The molecule has 0 spiro atoms. The fourth-order valence-electron chi connectivity index (χ4n) is 0.729. The van der Waals surface area contributed by atoms with Gasteiger partial charge in [-0.3, -0.25) is 0 Å². The van der Waals surface area contributed by atoms with Crippen molar-refractivity contribution in [1.82, 2.24) is 0 Å². The van der Waals surface area contributed by atoms with Crippen molar-refractivity contribution in [3.05, 3.63) is 0 Å². The van der Waals surface area contributed by atoms with E-state index in [0.717, 1.165) is 0 Å². The molecule has 1 fully saturated rings. The zero-order chi connectivity index (χ0) is 5.28. The first-order chi connectivity index (χ1) is 3.30. The molecule has 1 aliphatic carbocycles. The van der Waals surface area contributed by atoms with Crippen LogP contribution in [0.2, 0.25) is 0 Å². The lowest BCUT2D eigenvalue weighted by Crippen LogP contribution is -2.08. The van der Waals surface area contributed by atoms with Crippen molar-refractivity contribution in [1.29, 1.82) is 0 Å². The summed E-state index contributed by atoms with van der Waals surface area (Å²) in [4.78, 5) is 1.81. The predicted molar refractivity (Wildman–Crippen MR) is 38.3 cm³/mol. The van der Waals surface area contributed by atoms with Crippen LogP contribution in [0.25, 0.3) is 0 Å². The Kier molecular flexibility index (Phi) is 1.53. The minimum absolute atomic E-state index is 0.643. The van der Waals surface area contributed by atoms with Crippen molar-refractivity contribution in [2.24, 2.45) is 0 Å². The first-order valence-electron chi connectivity index (χ1n) is 2.73. The topological polar surface area (TPSA) is 0 Å². The summed E-state index contributed by atoms with van der Waals surface area (Å²) in [6.07, 6.45) is 8.94. The molecule has 0 saturated heterocycles. The summed E-state index contributed by atoms with van der Waals surface area (Å²) in [5.41, 5.74) is 0. The van der Waals surface area contributed by atoms with Gasteiger partial charge >= 0.3 is 0 Å². The molecule has 0 aromatic rings. The molecule has 0 bridgehead atoms. The van der Waals surface area contributed by atoms with Gasteiger partial charge in [0.1, 0.15) is 0 Å². The Labute approximate surface area is 47.9 Å². The van der Waals surface area contributed by atoms with E-state index in [1.54, 1.807) is 4.86 Å². The van der Waals surface area contributed by atoms with Gasteiger partial charge in [-0.2, -0.15) is 10.5 Å². The first kappa shape index (κ1) is 5.36. The van der Waals surface area contributed by atoms with E-state index < -0.39 is 0 Å². The highest BCUT2D eigenvalue weighted by atomic mass is 32.2. The highest BCUT2D eigenvalue weighted by molar-refractivity contribution is 8.14. The highest BCUT2D eigenvalue weighted by Crippen LogP contribution is 2.22. The van der Waals surface area contributed by atoms with Crippen LogP contribution in [-0.2, 0) is 0 Å². The van der Waals surface area contributed by atoms with Crippen LogP contribution in [0.3, 0.4) is 0 Å². The molecular weight excluding hydrogens is 104 g/mol. The van der Waals surface area contributed by atoms with Crippen molar-refractivity contribution >= 4 is 15.3 Å². The van der Waals surface area contributed by atoms with Gasteiger partial charge in [0.2, 0.25) is 0 Å². The Morgan fingerprint density at radius 3 is 1.86 bits per heavy atom. The fraction of sp³-hybridized carbons (Fsp3) is 0.833. The second-order valence-electron chi connectivity index (χ2n) is 2.21. The summed E-state index contributed by atoms with van der Waals surface area (Å²) in [6.45, 7) is 0. The first-order valence-corrected chi connectivity index (χ1v) is 4.77. The van der Waals surface area contributed by atoms with Crippen molar-refractivity contribution in [3.8, 4) is 0 Å². The maximum Gasteiger partial charge on any atom is -0.0237 e. The van der Waals surface area contributed by atoms with E-state index >= 15 is 0 Å². The van der Waals surface area contributed by atoms with E-state index in [9.17, 15) is 0 Å². The Morgan fingerprint density at radius 1 is 1.29 bits per heavy atom. The van der Waals surface area contributed by atoms with Gasteiger partial charge in [0.05, 0.1) is 0 Å². The lowest BCUT2D eigenvalue weighted by molar-refractivity contribution is 0.825. The second-order valence-corrected chi connectivity index (χ2v) is 4.42. The molecule has 1 aliphatic rings. The SMILES string of the molecule is CS(C)=C1CCC1. The van der Waals surface area contributed by atoms with E-state index in [2.05, 4.69) is 12.5 Å². The molecule has 0 atom stereocenters. The molecule has 42 valence electrons. The Bertz CT molecular complexity index is 92.7. The summed E-state index contributed by atoms with van der Waals surface area (Å²) < 4.78 is 0. The summed E-state index contributed by atoms with van der Waals surface area (Å²) in [5.74, 6) is 0. The van der Waals surface area contributed by atoms with Crippen LogP contribution in [0.5, 0.6) is 0 Å². The monoisotopic (exact) mass is 116 g/mol. The molecule has 1 rings (SSSR count). The summed E-state index contributed by atoms with van der Waals surface area (Å²) in [6, 6.07) is 0. The number of hydrogen-bond acceptors (Lipinski definition) is 0. The summed E-state index contributed by atoms with van der Waals surface area (Å²) >= 11 is 0. The molecule has 0 aliphatic heterocycles. The second kappa shape index (κ2) is 1.99. The Hall–Kier alpha value is 0.220. The molecule has 0 heterocycles. The van der Waals surface area contributed by atoms with Crippen molar-refractivity contribution in [2.45, 2.75) is 19.3 Å². The normalized spacial score (nSPS) is 20.1. The molecule has 0 unspecified atom stereocenters. The van der Waals surface area contributed by atoms with E-state index in [1.807, 2.05) is 0 Å². The lowest BCUT2D eigenvalue weighted by atomic mass is 10.0. The largest absolute Gasteiger partial charge is 0.193 e. The van der Waals surface area contributed by atoms with Crippen molar-refractivity contribution < 1.29 is 0 Å². The fourth-order valence-corrected chi connectivity index (χ4v) is 1.83. The van der Waals surface area contributed by atoms with Gasteiger partial charge in [0, 0.05) is 0 Å². The number of rotatable bonds is 0. The third-order valence-corrected chi connectivity index (χ3v) is 3.05. The third-order valence-electron chi connectivity index (χ3n) is 1.49. The average Bonchev–Trinajstić information content (AvgIpc) is 1.23. The molecule has 1 heteroatoms. The lowest BCUT2D eigenvalue weighted by Gasteiger charge is -2.17. The van der Waals surface area contributed by atoms with Crippen LogP contribution in [0.15, 0.2) is 0 Å². The van der Waals surface area contributed by atoms with Gasteiger partial charge < -0.3 is 0 Å². The summed E-state index contributed by atoms with van der Waals surface area (Å²) in [5, 5.41) is 0. The maximum atomic E-state index is 2.31. The summed E-state index contributed by atoms with van der Waals surface area (Å²) in [7, 11) is 0.643. The smallest absolute Gasteiger partial charge is 0.0237 e. The van der Waals surface area contributed by atoms with Gasteiger partial charge in [-0.25, -0.2) is 0 Å². The van der Waals surface area contributed by atoms with E-state index in [-0.39, 0.29) is 0 Å². The quantitative estimate of drug-likeness (QED) is 0.424. The van der Waals surface area contributed by atoms with Gasteiger partial charge in [0.15, 0.2) is 0 Å². The molecule has 0 aromatic heterocycles. The average molecular weight is 116 g/mol. The molecular formula is C6H12S. The molecule has 0 amide bonds. The zero-order valence-corrected chi connectivity index (χ0v) is 5.85. The molecule has 0 N–H and O–H groups in total. The van der Waals surface area contributed by atoms with Crippen LogP contribution in [0.1, 0.15) is 19.3 Å². The number of hydrogen-bond donors (Lipinski definition) is 0. The van der Waals surface area contributed by atoms with Crippen LogP contribution in [0.4, 0.5) is 0 Å². The molecule has 0 aromatic carbocycles. The molecule has 1 saturated carbocycles. The minimum atomic E-state index is 0.643. The van der Waals surface area contributed by atoms with Gasteiger partial charge in [0.25, 0.3) is 0 Å². The Balaban J connectivity index is 2.52. The molecule has 0 nitrogen and oxygen atoms in total. The Morgan fingerprint density at radius 2 is 1.86 bits per heavy atom. The molecule has 7 heavy (non-hydrogen) atoms.